The van der Waals surface area contributed by atoms with Crippen LogP contribution in [-0.4, -0.2) is 95.2 Å². The van der Waals surface area contributed by atoms with Gasteiger partial charge in [0, 0.05) is 30.1 Å². The minimum Gasteiger partial charge on any atom is -0.465 e. The smallest absolute Gasteiger partial charge is 0.413 e. The number of carbonyl (C=O) groups excluding carboxylic acids is 1. The number of amides is 2. The predicted octanol–water partition coefficient (Wildman–Crippen LogP) is 3.51. The van der Waals surface area contributed by atoms with Crippen LogP contribution in [0.4, 0.5) is 20.8 Å². The minimum atomic E-state index is -1.13. The molecule has 0 aromatic carbocycles. The molecule has 1 fully saturated rings. The molecule has 11 nitrogen and oxygen atoms in total. The second kappa shape index (κ2) is 12.7. The molecule has 42 heavy (non-hydrogen) atoms. The first kappa shape index (κ1) is 30.4. The maximum absolute atomic E-state index is 14.3. The van der Waals surface area contributed by atoms with Crippen molar-refractivity contribution in [3.63, 3.8) is 0 Å². The number of fused-ring (bicyclic) bond motifs is 2. The Hall–Kier alpha value is -3.03. The number of anilines is 2. The van der Waals surface area contributed by atoms with E-state index in [-0.39, 0.29) is 61.1 Å². The van der Waals surface area contributed by atoms with Gasteiger partial charge in [-0.2, -0.15) is 0 Å². The van der Waals surface area contributed by atoms with Crippen LogP contribution in [0.1, 0.15) is 42.5 Å². The van der Waals surface area contributed by atoms with Gasteiger partial charge in [-0.05, 0) is 81.3 Å². The van der Waals surface area contributed by atoms with Gasteiger partial charge in [-0.15, -0.1) is 0 Å². The van der Waals surface area contributed by atoms with E-state index >= 15 is 0 Å². The summed E-state index contributed by atoms with van der Waals surface area (Å²) in [5, 5.41) is 13.8. The van der Waals surface area contributed by atoms with Crippen molar-refractivity contribution >= 4 is 33.7 Å². The van der Waals surface area contributed by atoms with Crippen molar-refractivity contribution in [2.75, 3.05) is 60.8 Å². The number of pyridine rings is 1. The molecule has 3 heterocycles. The Balaban J connectivity index is 1.18. The van der Waals surface area contributed by atoms with E-state index in [2.05, 4.69) is 39.0 Å². The van der Waals surface area contributed by atoms with Crippen molar-refractivity contribution in [3.05, 3.63) is 35.0 Å². The first-order valence-corrected chi connectivity index (χ1v) is 17.4. The number of carboxylic acid groups (broad SMARTS) is 1. The molecule has 1 saturated carbocycles. The average Bonchev–Trinajstić information content (AvgIpc) is 3.38. The number of aryl methyl sites for hydroxylation is 1. The Bertz CT molecular complexity index is 1290. The van der Waals surface area contributed by atoms with Gasteiger partial charge in [0.05, 0.1) is 19.0 Å². The Morgan fingerprint density at radius 2 is 1.90 bits per heavy atom. The zero-order valence-corrected chi connectivity index (χ0v) is 25.6. The zero-order valence-electron chi connectivity index (χ0n) is 24.8. The van der Waals surface area contributed by atoms with Gasteiger partial charge < -0.3 is 19.9 Å². The zero-order chi connectivity index (χ0) is 30.0. The first-order valence-electron chi connectivity index (χ1n) is 14.4. The Morgan fingerprint density at radius 3 is 2.60 bits per heavy atom. The summed E-state index contributed by atoms with van der Waals surface area (Å²) in [7, 11) is -0.740. The molecule has 0 radical (unpaired) electrons. The summed E-state index contributed by atoms with van der Waals surface area (Å²) in [5.41, 5.74) is 2.69. The Labute approximate surface area is 247 Å². The van der Waals surface area contributed by atoms with E-state index in [9.17, 15) is 19.1 Å². The first-order chi connectivity index (χ1) is 20.0. The van der Waals surface area contributed by atoms with Crippen LogP contribution >= 0.6 is 10.0 Å². The number of nitrogens with one attached hydrogen (secondary N) is 1. The van der Waals surface area contributed by atoms with E-state index in [0.717, 1.165) is 54.7 Å². The van der Waals surface area contributed by atoms with Crippen molar-refractivity contribution in [1.29, 1.82) is 0 Å². The van der Waals surface area contributed by atoms with Crippen molar-refractivity contribution in [2.45, 2.75) is 57.5 Å². The highest BCUT2D eigenvalue weighted by molar-refractivity contribution is 8.32. The van der Waals surface area contributed by atoms with Crippen molar-refractivity contribution in [2.24, 2.45) is 5.92 Å². The largest absolute Gasteiger partial charge is 0.465 e. The van der Waals surface area contributed by atoms with Gasteiger partial charge in [-0.1, -0.05) is 0 Å². The Kier molecular flexibility index (Phi) is 9.19. The molecule has 2 aliphatic carbocycles. The van der Waals surface area contributed by atoms with Gasteiger partial charge in [-0.3, -0.25) is 19.6 Å². The number of hydrogen-bond donors (Lipinski definition) is 2. The van der Waals surface area contributed by atoms with Crippen LogP contribution in [0.5, 0.6) is 5.88 Å². The summed E-state index contributed by atoms with van der Waals surface area (Å²) in [6.45, 7) is 2.54. The summed E-state index contributed by atoms with van der Waals surface area (Å²) in [4.78, 5) is 40.5. The summed E-state index contributed by atoms with van der Waals surface area (Å²) in [6.07, 6.45) is 13.1. The number of ether oxygens (including phenoxy) is 2. The van der Waals surface area contributed by atoms with E-state index in [1.54, 1.807) is 0 Å². The molecule has 230 valence electrons. The van der Waals surface area contributed by atoms with E-state index in [4.69, 9.17) is 9.47 Å². The fraction of sp³-hybridized carbons (Fsp3) is 0.621. The van der Waals surface area contributed by atoms with E-state index in [1.807, 2.05) is 6.92 Å². The van der Waals surface area contributed by atoms with Crippen LogP contribution in [-0.2, 0) is 22.4 Å². The van der Waals surface area contributed by atoms with E-state index in [0.29, 0.717) is 19.1 Å². The fourth-order valence-corrected chi connectivity index (χ4v) is 6.53. The summed E-state index contributed by atoms with van der Waals surface area (Å²) in [6, 6.07) is 0.488. The van der Waals surface area contributed by atoms with Crippen LogP contribution in [0.15, 0.2) is 12.4 Å². The molecule has 1 unspecified atom stereocenters. The molecule has 2 N–H and O–H groups in total. The van der Waals surface area contributed by atoms with Gasteiger partial charge >= 0.3 is 6.09 Å². The average molecular weight is 605 g/mol. The fourth-order valence-electron chi connectivity index (χ4n) is 5.91. The van der Waals surface area contributed by atoms with Crippen LogP contribution in [0, 0.1) is 18.7 Å². The topological polar surface area (TPSA) is 130 Å². The van der Waals surface area contributed by atoms with Gasteiger partial charge in [0.2, 0.25) is 5.82 Å². The van der Waals surface area contributed by atoms with E-state index < -0.39 is 16.1 Å². The second-order valence-corrected chi connectivity index (χ2v) is 16.9. The molecule has 2 amide bonds. The number of nitrogens with zero attached hydrogens (tertiary/aromatic N) is 5. The molecule has 0 saturated heterocycles. The highest BCUT2D eigenvalue weighted by atomic mass is 32.3. The normalized spacial score (nSPS) is 22.4. The lowest BCUT2D eigenvalue weighted by molar-refractivity contribution is -0.122. The van der Waals surface area contributed by atoms with Gasteiger partial charge in [0.15, 0.2) is 12.4 Å². The molecule has 1 atom stereocenters. The maximum atomic E-state index is 14.3. The van der Waals surface area contributed by atoms with Crippen molar-refractivity contribution < 1.29 is 28.6 Å². The monoisotopic (exact) mass is 604 g/mol. The summed E-state index contributed by atoms with van der Waals surface area (Å²) in [5.74, 6) is 1.02. The second-order valence-electron chi connectivity index (χ2n) is 12.3. The van der Waals surface area contributed by atoms with Gasteiger partial charge in [0.25, 0.3) is 11.8 Å². The van der Waals surface area contributed by atoms with Crippen LogP contribution < -0.4 is 19.9 Å². The molecule has 5 rings (SSSR count). The lowest BCUT2D eigenvalue weighted by Crippen LogP contribution is -2.44. The van der Waals surface area contributed by atoms with Crippen LogP contribution in [0.25, 0.3) is 0 Å². The number of halogens is 1. The molecule has 2 aromatic rings. The van der Waals surface area contributed by atoms with Crippen molar-refractivity contribution in [3.8, 4) is 5.88 Å². The van der Waals surface area contributed by atoms with Gasteiger partial charge in [-0.25, -0.2) is 29.2 Å². The third kappa shape index (κ3) is 7.12. The lowest BCUT2D eigenvalue weighted by atomic mass is 9.85. The quantitative estimate of drug-likeness (QED) is 0.391. The van der Waals surface area contributed by atoms with Crippen molar-refractivity contribution in [1.82, 2.24) is 20.3 Å². The van der Waals surface area contributed by atoms with E-state index in [1.165, 1.54) is 22.2 Å². The molecule has 2 aromatic heterocycles. The molecule has 0 bridgehead atoms. The number of aromatic nitrogens is 3. The standard InChI is InChI=1S/C29H41FN6O5S/c1-18-22-11-21(12-23(22)24(30)13-31-18)33-20-7-5-19(6-8-20)15-35(29(38)39)25-14-32-28-27(34-25)36(26(37)16-41-28)17-40-9-10-42(2,3)4/h13-14,19-21,33H,5-12,15-17H2,1-4H3,(H,38,39)/t19-,20+,21?. The van der Waals surface area contributed by atoms with Gasteiger partial charge in [0.1, 0.15) is 12.5 Å². The SMILES string of the molecule is Cc1ncc(F)c2c1CC(N[C@H]1CC[C@@H](CN(C(=O)O)c3cnc4c(n3)N(COCCS(C)(C)C)C(=O)CO4)CC1)C2. The summed E-state index contributed by atoms with van der Waals surface area (Å²) >= 11 is 0. The molecular formula is C29H41FN6O5S. The maximum Gasteiger partial charge on any atom is 0.413 e. The third-order valence-corrected chi connectivity index (χ3v) is 9.68. The molecule has 13 heteroatoms. The van der Waals surface area contributed by atoms with Crippen LogP contribution in [0.2, 0.25) is 0 Å². The number of rotatable bonds is 10. The number of hydrogen-bond acceptors (Lipinski definition) is 8. The Morgan fingerprint density at radius 1 is 1.17 bits per heavy atom. The molecular weight excluding hydrogens is 563 g/mol. The number of carbonyl (C=O) groups is 2. The molecule has 0 spiro atoms. The highest BCUT2D eigenvalue weighted by Gasteiger charge is 2.33. The molecule has 3 aliphatic rings. The third-order valence-electron chi connectivity index (χ3n) is 8.29. The van der Waals surface area contributed by atoms with Crippen LogP contribution in [0.3, 0.4) is 0 Å². The predicted molar refractivity (Wildman–Crippen MR) is 160 cm³/mol. The minimum absolute atomic E-state index is 0.00172. The molecule has 1 aliphatic heterocycles. The lowest BCUT2D eigenvalue weighted by Gasteiger charge is -2.33. The highest BCUT2D eigenvalue weighted by Crippen LogP contribution is 2.35. The summed E-state index contributed by atoms with van der Waals surface area (Å²) < 4.78 is 25.5.